The van der Waals surface area contributed by atoms with Crippen LogP contribution in [0.3, 0.4) is 0 Å². The summed E-state index contributed by atoms with van der Waals surface area (Å²) in [6.07, 6.45) is 1.62. The summed E-state index contributed by atoms with van der Waals surface area (Å²) in [4.78, 5) is 14.3. The second kappa shape index (κ2) is 8.77. The number of sulfonamides is 1. The molecule has 178 valence electrons. The third kappa shape index (κ3) is 5.10. The third-order valence-electron chi connectivity index (χ3n) is 6.25. The highest BCUT2D eigenvalue weighted by atomic mass is 32.2. The number of halogens is 2. The van der Waals surface area contributed by atoms with Gasteiger partial charge in [-0.3, -0.25) is 4.79 Å². The fourth-order valence-corrected chi connectivity index (χ4v) is 6.02. The van der Waals surface area contributed by atoms with E-state index in [1.165, 1.54) is 36.9 Å². The number of aliphatic hydroxyl groups is 1. The predicted molar refractivity (Wildman–Crippen MR) is 121 cm³/mol. The first-order valence-corrected chi connectivity index (χ1v) is 12.6. The maximum atomic E-state index is 15.5. The van der Waals surface area contributed by atoms with Gasteiger partial charge in [0.15, 0.2) is 0 Å². The molecule has 0 radical (unpaired) electrons. The summed E-state index contributed by atoms with van der Waals surface area (Å²) in [5.41, 5.74) is -0.755. The highest BCUT2D eigenvalue weighted by Gasteiger charge is 2.45. The van der Waals surface area contributed by atoms with Crippen LogP contribution < -0.4 is 4.72 Å². The van der Waals surface area contributed by atoms with Crippen LogP contribution in [0.4, 0.5) is 8.78 Å². The van der Waals surface area contributed by atoms with Crippen LogP contribution in [0.5, 0.6) is 0 Å². The Morgan fingerprint density at radius 1 is 1.15 bits per heavy atom. The van der Waals surface area contributed by atoms with Gasteiger partial charge in [0.2, 0.25) is 10.0 Å². The van der Waals surface area contributed by atoms with Crippen molar-refractivity contribution >= 4 is 15.9 Å². The number of carbonyl (C=O) groups excluding carboxylic acids is 1. The number of benzene rings is 2. The Kier molecular flexibility index (Phi) is 6.32. The molecular weight excluding hydrogens is 450 g/mol. The molecule has 1 heterocycles. The van der Waals surface area contributed by atoms with Gasteiger partial charge < -0.3 is 10.0 Å². The summed E-state index contributed by atoms with van der Waals surface area (Å²) in [5, 5.41) is 9.86. The van der Waals surface area contributed by atoms with Crippen LogP contribution in [-0.2, 0) is 21.2 Å². The van der Waals surface area contributed by atoms with Gasteiger partial charge >= 0.3 is 0 Å². The van der Waals surface area contributed by atoms with Crippen LogP contribution in [0.25, 0.3) is 11.1 Å². The zero-order valence-electron chi connectivity index (χ0n) is 18.6. The van der Waals surface area contributed by atoms with Crippen LogP contribution in [0.1, 0.15) is 38.7 Å². The highest BCUT2D eigenvalue weighted by Crippen LogP contribution is 2.32. The number of hydrogen-bond acceptors (Lipinski definition) is 4. The molecule has 33 heavy (non-hydrogen) atoms. The topological polar surface area (TPSA) is 86.7 Å². The van der Waals surface area contributed by atoms with Gasteiger partial charge in [0.1, 0.15) is 17.2 Å². The van der Waals surface area contributed by atoms with E-state index >= 15 is 4.39 Å². The Labute approximate surface area is 192 Å². The first kappa shape index (κ1) is 23.8. The summed E-state index contributed by atoms with van der Waals surface area (Å²) >= 11 is 0. The number of rotatable bonds is 7. The van der Waals surface area contributed by atoms with Crippen molar-refractivity contribution in [1.82, 2.24) is 9.62 Å². The molecule has 2 aromatic rings. The van der Waals surface area contributed by atoms with E-state index in [0.717, 1.165) is 0 Å². The molecule has 1 amide bonds. The molecule has 1 saturated carbocycles. The van der Waals surface area contributed by atoms with Crippen molar-refractivity contribution in [2.45, 2.75) is 62.5 Å². The fraction of sp³-hybridized carbons (Fsp3) is 0.458. The van der Waals surface area contributed by atoms with Crippen molar-refractivity contribution in [1.29, 1.82) is 0 Å². The summed E-state index contributed by atoms with van der Waals surface area (Å²) < 4.78 is 57.1. The third-order valence-corrected chi connectivity index (χ3v) is 8.23. The second-order valence-electron chi connectivity index (χ2n) is 9.38. The van der Waals surface area contributed by atoms with E-state index < -0.39 is 50.5 Å². The van der Waals surface area contributed by atoms with Gasteiger partial charge in [0.25, 0.3) is 5.91 Å². The number of carbonyl (C=O) groups is 1. The monoisotopic (exact) mass is 478 g/mol. The molecule has 2 aromatic carbocycles. The van der Waals surface area contributed by atoms with Crippen LogP contribution in [0, 0.1) is 11.6 Å². The molecule has 0 aromatic heterocycles. The molecule has 4 rings (SSSR count). The smallest absolute Gasteiger partial charge is 0.254 e. The van der Waals surface area contributed by atoms with Crippen LogP contribution >= 0.6 is 0 Å². The first-order valence-electron chi connectivity index (χ1n) is 11.1. The second-order valence-corrected chi connectivity index (χ2v) is 11.4. The Morgan fingerprint density at radius 3 is 2.48 bits per heavy atom. The summed E-state index contributed by atoms with van der Waals surface area (Å²) in [5.74, 6) is -1.57. The van der Waals surface area contributed by atoms with E-state index in [-0.39, 0.29) is 24.1 Å². The molecule has 2 atom stereocenters. The Balaban J connectivity index is 1.67. The average Bonchev–Trinajstić information content (AvgIpc) is 3.53. The van der Waals surface area contributed by atoms with Crippen LogP contribution in [0.15, 0.2) is 42.5 Å². The SMILES string of the molecule is CC(C)(O)C(=O)N1CC[C@H](NS(=O)(=O)C2CC2)[C@@H]1Cc1cccc(-c2cccc(F)c2)c1F. The predicted octanol–water partition coefficient (Wildman–Crippen LogP) is 3.00. The van der Waals surface area contributed by atoms with Crippen molar-refractivity contribution < 1.29 is 27.1 Å². The average molecular weight is 479 g/mol. The minimum Gasteiger partial charge on any atom is -0.381 e. The van der Waals surface area contributed by atoms with E-state index in [1.54, 1.807) is 24.3 Å². The molecule has 1 aliphatic heterocycles. The van der Waals surface area contributed by atoms with E-state index in [1.807, 2.05) is 0 Å². The van der Waals surface area contributed by atoms with Crippen molar-refractivity contribution in [3.05, 3.63) is 59.7 Å². The molecule has 2 N–H and O–H groups in total. The molecule has 1 saturated heterocycles. The molecule has 9 heteroatoms. The number of likely N-dealkylation sites (tertiary alicyclic amines) is 1. The Bertz CT molecular complexity index is 1160. The maximum absolute atomic E-state index is 15.5. The normalized spacial score (nSPS) is 21.4. The standard InChI is InChI=1S/C24H28F2N2O4S/c1-24(2,30)23(29)28-12-11-20(27-33(31,32)18-9-10-18)21(28)14-16-6-4-8-19(22(16)26)15-5-3-7-17(25)13-15/h3-8,13,18,20-21,27,30H,9-12,14H2,1-2H3/t20-,21-/m0/s1. The molecule has 0 spiro atoms. The van der Waals surface area contributed by atoms with Gasteiger partial charge in [-0.05, 0) is 62.8 Å². The van der Waals surface area contributed by atoms with Crippen molar-refractivity contribution in [2.24, 2.45) is 0 Å². The zero-order valence-corrected chi connectivity index (χ0v) is 19.4. The number of nitrogens with zero attached hydrogens (tertiary/aromatic N) is 1. The Morgan fingerprint density at radius 2 is 1.85 bits per heavy atom. The quantitative estimate of drug-likeness (QED) is 0.641. The largest absolute Gasteiger partial charge is 0.381 e. The van der Waals surface area contributed by atoms with Gasteiger partial charge in [0.05, 0.1) is 11.3 Å². The summed E-state index contributed by atoms with van der Waals surface area (Å²) in [6.45, 7) is 3.00. The zero-order chi connectivity index (χ0) is 24.0. The van der Waals surface area contributed by atoms with Crippen LogP contribution in [0.2, 0.25) is 0 Å². The molecule has 1 aliphatic carbocycles. The first-order chi connectivity index (χ1) is 15.5. The molecular formula is C24H28F2N2O4S. The number of hydrogen-bond donors (Lipinski definition) is 2. The minimum absolute atomic E-state index is 0.0503. The van der Waals surface area contributed by atoms with E-state index in [9.17, 15) is 22.7 Å². The Hall–Kier alpha value is -2.36. The lowest BCUT2D eigenvalue weighted by molar-refractivity contribution is -0.148. The molecule has 0 unspecified atom stereocenters. The van der Waals surface area contributed by atoms with Crippen molar-refractivity contribution in [3.8, 4) is 11.1 Å². The highest BCUT2D eigenvalue weighted by molar-refractivity contribution is 7.90. The van der Waals surface area contributed by atoms with Crippen molar-refractivity contribution in [2.75, 3.05) is 6.54 Å². The molecule has 2 aliphatic rings. The van der Waals surface area contributed by atoms with Crippen molar-refractivity contribution in [3.63, 3.8) is 0 Å². The number of nitrogens with one attached hydrogen (secondary N) is 1. The van der Waals surface area contributed by atoms with E-state index in [0.29, 0.717) is 24.8 Å². The van der Waals surface area contributed by atoms with Crippen LogP contribution in [-0.4, -0.2) is 53.8 Å². The summed E-state index contributed by atoms with van der Waals surface area (Å²) in [7, 11) is -3.53. The van der Waals surface area contributed by atoms with E-state index in [4.69, 9.17) is 0 Å². The summed E-state index contributed by atoms with van der Waals surface area (Å²) in [6, 6.07) is 9.14. The molecule has 2 fully saturated rings. The van der Waals surface area contributed by atoms with Gasteiger partial charge in [-0.25, -0.2) is 21.9 Å². The van der Waals surface area contributed by atoms with Gasteiger partial charge in [-0.15, -0.1) is 0 Å². The molecule has 0 bridgehead atoms. The maximum Gasteiger partial charge on any atom is 0.254 e. The molecule has 6 nitrogen and oxygen atoms in total. The lowest BCUT2D eigenvalue weighted by atomic mass is 9.95. The van der Waals surface area contributed by atoms with Gasteiger partial charge in [0, 0.05) is 18.2 Å². The van der Waals surface area contributed by atoms with E-state index in [2.05, 4.69) is 4.72 Å². The lowest BCUT2D eigenvalue weighted by Gasteiger charge is -2.32. The fourth-order valence-electron chi connectivity index (χ4n) is 4.37. The lowest BCUT2D eigenvalue weighted by Crippen LogP contribution is -2.53. The van der Waals surface area contributed by atoms with Gasteiger partial charge in [-0.2, -0.15) is 0 Å². The minimum atomic E-state index is -3.53. The van der Waals surface area contributed by atoms with Gasteiger partial charge in [-0.1, -0.05) is 30.3 Å². The number of amides is 1.